The highest BCUT2D eigenvalue weighted by Gasteiger charge is 2.14. The fraction of sp³-hybridized carbons (Fsp3) is 0.267. The number of carbonyl (C=O) groups is 2. The standard InChI is InChI=1S/C15H14N4O4S2/c1-2-22-13(21)8-24-15-18-17-14(25-15)16-12(20)7-10-9-5-3-4-6-11(9)23-19-10/h3-6H,2,7-8H2,1H3,(H,16,17,20). The highest BCUT2D eigenvalue weighted by molar-refractivity contribution is 8.01. The molecule has 1 N–H and O–H groups in total. The first kappa shape index (κ1) is 17.4. The lowest BCUT2D eigenvalue weighted by atomic mass is 10.2. The zero-order valence-electron chi connectivity index (χ0n) is 13.2. The molecule has 0 fully saturated rings. The molecule has 0 saturated carbocycles. The second kappa shape index (κ2) is 8.08. The molecule has 0 radical (unpaired) electrons. The minimum Gasteiger partial charge on any atom is -0.465 e. The van der Waals surface area contributed by atoms with Crippen molar-refractivity contribution in [3.05, 3.63) is 30.0 Å². The Morgan fingerprint density at radius 3 is 3.00 bits per heavy atom. The third kappa shape index (κ3) is 4.54. The van der Waals surface area contributed by atoms with Crippen LogP contribution in [0.2, 0.25) is 0 Å². The van der Waals surface area contributed by atoms with E-state index in [9.17, 15) is 9.59 Å². The number of carbonyl (C=O) groups excluding carboxylic acids is 2. The number of fused-ring (bicyclic) bond motifs is 1. The Hall–Kier alpha value is -2.46. The van der Waals surface area contributed by atoms with Crippen molar-refractivity contribution in [2.75, 3.05) is 17.7 Å². The number of nitrogens with zero attached hydrogens (tertiary/aromatic N) is 3. The van der Waals surface area contributed by atoms with Crippen LogP contribution in [0.1, 0.15) is 12.6 Å². The summed E-state index contributed by atoms with van der Waals surface area (Å²) in [5.74, 6) is -0.426. The first-order valence-electron chi connectivity index (χ1n) is 7.40. The fourth-order valence-corrected chi connectivity index (χ4v) is 3.59. The summed E-state index contributed by atoms with van der Waals surface area (Å²) < 4.78 is 10.6. The number of benzene rings is 1. The first-order chi connectivity index (χ1) is 12.2. The zero-order chi connectivity index (χ0) is 17.6. The molecule has 0 saturated heterocycles. The van der Waals surface area contributed by atoms with Gasteiger partial charge in [0.05, 0.1) is 18.8 Å². The lowest BCUT2D eigenvalue weighted by Gasteiger charge is -1.99. The van der Waals surface area contributed by atoms with Crippen molar-refractivity contribution in [2.45, 2.75) is 17.7 Å². The number of hydrogen-bond acceptors (Lipinski definition) is 9. The van der Waals surface area contributed by atoms with Gasteiger partial charge >= 0.3 is 5.97 Å². The summed E-state index contributed by atoms with van der Waals surface area (Å²) in [6, 6.07) is 7.35. The Morgan fingerprint density at radius 2 is 2.16 bits per heavy atom. The molecular weight excluding hydrogens is 364 g/mol. The summed E-state index contributed by atoms with van der Waals surface area (Å²) in [7, 11) is 0. The molecule has 0 aliphatic rings. The van der Waals surface area contributed by atoms with Crippen molar-refractivity contribution in [3.63, 3.8) is 0 Å². The van der Waals surface area contributed by atoms with Gasteiger partial charge in [-0.2, -0.15) is 0 Å². The normalized spacial score (nSPS) is 10.8. The molecule has 0 unspecified atom stereocenters. The molecule has 10 heteroatoms. The average Bonchev–Trinajstić information content (AvgIpc) is 3.21. The van der Waals surface area contributed by atoms with E-state index in [0.717, 1.165) is 5.39 Å². The number of amides is 1. The smallest absolute Gasteiger partial charge is 0.316 e. The Balaban J connectivity index is 1.55. The van der Waals surface area contributed by atoms with Crippen LogP contribution in [0.25, 0.3) is 11.0 Å². The van der Waals surface area contributed by atoms with E-state index in [1.165, 1.54) is 23.1 Å². The van der Waals surface area contributed by atoms with Gasteiger partial charge < -0.3 is 14.6 Å². The summed E-state index contributed by atoms with van der Waals surface area (Å²) in [4.78, 5) is 23.5. The van der Waals surface area contributed by atoms with E-state index in [0.29, 0.717) is 27.4 Å². The predicted molar refractivity (Wildman–Crippen MR) is 93.6 cm³/mol. The molecular formula is C15H14N4O4S2. The molecule has 2 heterocycles. The van der Waals surface area contributed by atoms with Gasteiger partial charge in [0.2, 0.25) is 11.0 Å². The van der Waals surface area contributed by atoms with E-state index in [4.69, 9.17) is 9.26 Å². The SMILES string of the molecule is CCOC(=O)CSc1nnc(NC(=O)Cc2noc3ccccc23)s1. The summed E-state index contributed by atoms with van der Waals surface area (Å²) in [5.41, 5.74) is 1.20. The van der Waals surface area contributed by atoms with Crippen LogP contribution in [-0.2, 0) is 20.7 Å². The Morgan fingerprint density at radius 1 is 1.32 bits per heavy atom. The predicted octanol–water partition coefficient (Wildman–Crippen LogP) is 2.52. The van der Waals surface area contributed by atoms with Crippen molar-refractivity contribution in [1.82, 2.24) is 15.4 Å². The molecule has 130 valence electrons. The van der Waals surface area contributed by atoms with Gasteiger partial charge in [0.1, 0.15) is 5.69 Å². The second-order valence-electron chi connectivity index (χ2n) is 4.82. The van der Waals surface area contributed by atoms with Gasteiger partial charge in [-0.1, -0.05) is 40.4 Å². The van der Waals surface area contributed by atoms with Gasteiger partial charge in [-0.05, 0) is 19.1 Å². The van der Waals surface area contributed by atoms with Gasteiger partial charge in [-0.25, -0.2) is 0 Å². The Labute approximate surface area is 150 Å². The molecule has 0 spiro atoms. The van der Waals surface area contributed by atoms with E-state index in [1.54, 1.807) is 13.0 Å². The molecule has 0 aliphatic carbocycles. The minimum absolute atomic E-state index is 0.0713. The number of thioether (sulfide) groups is 1. The van der Waals surface area contributed by atoms with Crippen LogP contribution in [0.5, 0.6) is 0 Å². The Bertz CT molecular complexity index is 892. The van der Waals surface area contributed by atoms with Gasteiger partial charge in [-0.3, -0.25) is 9.59 Å². The molecule has 2 aromatic heterocycles. The van der Waals surface area contributed by atoms with Crippen molar-refractivity contribution in [2.24, 2.45) is 0 Å². The molecule has 8 nitrogen and oxygen atoms in total. The van der Waals surface area contributed by atoms with Crippen molar-refractivity contribution in [3.8, 4) is 0 Å². The number of anilines is 1. The lowest BCUT2D eigenvalue weighted by Crippen LogP contribution is -2.14. The lowest BCUT2D eigenvalue weighted by molar-refractivity contribution is -0.139. The van der Waals surface area contributed by atoms with Crippen molar-refractivity contribution < 1.29 is 18.8 Å². The average molecular weight is 378 g/mol. The summed E-state index contributed by atoms with van der Waals surface area (Å²) in [6.07, 6.45) is 0.0713. The monoisotopic (exact) mass is 378 g/mol. The van der Waals surface area contributed by atoms with Crippen LogP contribution in [0.4, 0.5) is 5.13 Å². The minimum atomic E-state index is -0.314. The van der Waals surface area contributed by atoms with Crippen LogP contribution < -0.4 is 5.32 Å². The molecule has 25 heavy (non-hydrogen) atoms. The number of aromatic nitrogens is 3. The van der Waals surface area contributed by atoms with E-state index in [-0.39, 0.29) is 24.1 Å². The third-order valence-electron chi connectivity index (χ3n) is 3.05. The topological polar surface area (TPSA) is 107 Å². The molecule has 0 aliphatic heterocycles. The van der Waals surface area contributed by atoms with E-state index in [1.807, 2.05) is 18.2 Å². The van der Waals surface area contributed by atoms with E-state index >= 15 is 0 Å². The van der Waals surface area contributed by atoms with Crippen molar-refractivity contribution in [1.29, 1.82) is 0 Å². The molecule has 0 atom stereocenters. The largest absolute Gasteiger partial charge is 0.465 e. The number of rotatable bonds is 7. The van der Waals surface area contributed by atoms with Crippen LogP contribution >= 0.6 is 23.1 Å². The second-order valence-corrected chi connectivity index (χ2v) is 7.02. The van der Waals surface area contributed by atoms with Crippen molar-refractivity contribution >= 4 is 51.1 Å². The Kier molecular flexibility index (Phi) is 5.61. The fourth-order valence-electron chi connectivity index (χ4n) is 2.02. The van der Waals surface area contributed by atoms with Crippen LogP contribution in [0, 0.1) is 0 Å². The molecule has 1 amide bonds. The summed E-state index contributed by atoms with van der Waals surface area (Å²) in [6.45, 7) is 2.09. The van der Waals surface area contributed by atoms with Gasteiger partial charge in [0.25, 0.3) is 0 Å². The maximum absolute atomic E-state index is 12.1. The number of nitrogens with one attached hydrogen (secondary N) is 1. The number of hydrogen-bond donors (Lipinski definition) is 1. The van der Waals surface area contributed by atoms with Crippen LogP contribution in [0.15, 0.2) is 33.1 Å². The first-order valence-corrected chi connectivity index (χ1v) is 9.21. The maximum atomic E-state index is 12.1. The van der Waals surface area contributed by atoms with E-state index < -0.39 is 0 Å². The van der Waals surface area contributed by atoms with Gasteiger partial charge in [-0.15, -0.1) is 10.2 Å². The molecule has 3 aromatic rings. The quantitative estimate of drug-likeness (QED) is 0.380. The number of para-hydroxylation sites is 1. The zero-order valence-corrected chi connectivity index (χ0v) is 14.9. The molecule has 0 bridgehead atoms. The third-order valence-corrected chi connectivity index (χ3v) is 5.00. The molecule has 1 aromatic carbocycles. The summed E-state index contributed by atoms with van der Waals surface area (Å²) >= 11 is 2.41. The summed E-state index contributed by atoms with van der Waals surface area (Å²) in [5, 5.41) is 15.6. The van der Waals surface area contributed by atoms with Crippen LogP contribution in [0.3, 0.4) is 0 Å². The molecule has 3 rings (SSSR count). The highest BCUT2D eigenvalue weighted by atomic mass is 32.2. The van der Waals surface area contributed by atoms with Gasteiger partial charge in [0, 0.05) is 5.39 Å². The van der Waals surface area contributed by atoms with E-state index in [2.05, 4.69) is 20.7 Å². The van der Waals surface area contributed by atoms with Gasteiger partial charge in [0.15, 0.2) is 9.92 Å². The van der Waals surface area contributed by atoms with Crippen LogP contribution in [-0.4, -0.2) is 39.6 Å². The maximum Gasteiger partial charge on any atom is 0.316 e. The number of ether oxygens (including phenoxy) is 1. The number of esters is 1. The highest BCUT2D eigenvalue weighted by Crippen LogP contribution is 2.26.